The predicted octanol–water partition coefficient (Wildman–Crippen LogP) is 3.34. The summed E-state index contributed by atoms with van der Waals surface area (Å²) in [6.07, 6.45) is 2.80. The molecule has 0 atom stereocenters. The zero-order chi connectivity index (χ0) is 19.2. The van der Waals surface area contributed by atoms with Crippen LogP contribution in [0, 0.1) is 10.1 Å². The van der Waals surface area contributed by atoms with Gasteiger partial charge in [0, 0.05) is 24.3 Å². The number of nitrogens with zero attached hydrogens (tertiary/aromatic N) is 2. The van der Waals surface area contributed by atoms with Crippen LogP contribution in [0.3, 0.4) is 0 Å². The van der Waals surface area contributed by atoms with E-state index in [9.17, 15) is 14.9 Å². The van der Waals surface area contributed by atoms with E-state index in [4.69, 9.17) is 9.47 Å². The molecule has 140 valence electrons. The van der Waals surface area contributed by atoms with Gasteiger partial charge in [-0.05, 0) is 48.6 Å². The number of nitro benzene ring substituents is 1. The van der Waals surface area contributed by atoms with Crippen LogP contribution < -0.4 is 9.64 Å². The number of hydrogen-bond acceptors (Lipinski definition) is 6. The first-order chi connectivity index (χ1) is 13.1. The number of ether oxygens (including phenoxy) is 2. The molecule has 0 spiro atoms. The van der Waals surface area contributed by atoms with Crippen LogP contribution in [-0.4, -0.2) is 44.1 Å². The highest BCUT2D eigenvalue weighted by atomic mass is 16.6. The van der Waals surface area contributed by atoms with Gasteiger partial charge in [0.25, 0.3) is 5.69 Å². The molecule has 0 bridgehead atoms. The molecule has 7 nitrogen and oxygen atoms in total. The first-order valence-electron chi connectivity index (χ1n) is 8.56. The maximum Gasteiger partial charge on any atom is 0.280 e. The summed E-state index contributed by atoms with van der Waals surface area (Å²) in [7, 11) is 1.44. The number of morpholine rings is 1. The molecule has 0 saturated carbocycles. The number of hydrogen-bond donors (Lipinski definition) is 0. The Morgan fingerprint density at radius 2 is 1.89 bits per heavy atom. The summed E-state index contributed by atoms with van der Waals surface area (Å²) in [6, 6.07) is 11.8. The van der Waals surface area contributed by atoms with Gasteiger partial charge < -0.3 is 14.4 Å². The molecule has 1 fully saturated rings. The summed E-state index contributed by atoms with van der Waals surface area (Å²) in [4.78, 5) is 25.3. The van der Waals surface area contributed by atoms with Gasteiger partial charge in [-0.15, -0.1) is 0 Å². The summed E-state index contributed by atoms with van der Waals surface area (Å²) in [5, 5.41) is 11.2. The van der Waals surface area contributed by atoms with E-state index >= 15 is 0 Å². The Morgan fingerprint density at radius 3 is 2.52 bits per heavy atom. The molecule has 0 unspecified atom stereocenters. The molecule has 0 aromatic heterocycles. The third-order valence-corrected chi connectivity index (χ3v) is 4.38. The monoisotopic (exact) mass is 368 g/mol. The van der Waals surface area contributed by atoms with Crippen molar-refractivity contribution >= 4 is 23.2 Å². The Labute approximate surface area is 157 Å². The van der Waals surface area contributed by atoms with Crippen LogP contribution in [0.2, 0.25) is 0 Å². The lowest BCUT2D eigenvalue weighted by atomic mass is 10.1. The van der Waals surface area contributed by atoms with E-state index in [2.05, 4.69) is 4.90 Å². The van der Waals surface area contributed by atoms with Crippen molar-refractivity contribution in [2.24, 2.45) is 0 Å². The molecule has 1 aliphatic rings. The van der Waals surface area contributed by atoms with Gasteiger partial charge in [-0.2, -0.15) is 0 Å². The standard InChI is InChI=1S/C20H20N2O5/c1-26-18-8-4-15(19(14-18)22(24)25)5-9-20(23)16-2-6-17(7-3-16)21-10-12-27-13-11-21/h2-9,14H,10-13H2,1H3. The Bertz CT molecular complexity index is 855. The fourth-order valence-electron chi connectivity index (χ4n) is 2.87. The van der Waals surface area contributed by atoms with Crippen molar-refractivity contribution in [2.45, 2.75) is 0 Å². The highest BCUT2D eigenvalue weighted by molar-refractivity contribution is 6.07. The molecule has 1 saturated heterocycles. The molecule has 2 aromatic rings. The highest BCUT2D eigenvalue weighted by Crippen LogP contribution is 2.26. The second-order valence-electron chi connectivity index (χ2n) is 6.03. The summed E-state index contributed by atoms with van der Waals surface area (Å²) in [5.74, 6) is 0.178. The lowest BCUT2D eigenvalue weighted by Gasteiger charge is -2.28. The molecular weight excluding hydrogens is 348 g/mol. The zero-order valence-corrected chi connectivity index (χ0v) is 15.0. The third-order valence-electron chi connectivity index (χ3n) is 4.38. The number of allylic oxidation sites excluding steroid dienone is 1. The first-order valence-corrected chi connectivity index (χ1v) is 8.56. The summed E-state index contributed by atoms with van der Waals surface area (Å²) >= 11 is 0. The van der Waals surface area contributed by atoms with Crippen LogP contribution in [0.25, 0.3) is 6.08 Å². The molecule has 3 rings (SSSR count). The van der Waals surface area contributed by atoms with Crippen molar-refractivity contribution in [1.29, 1.82) is 0 Å². The van der Waals surface area contributed by atoms with Crippen molar-refractivity contribution in [3.8, 4) is 5.75 Å². The third kappa shape index (κ3) is 4.51. The van der Waals surface area contributed by atoms with Crippen molar-refractivity contribution in [1.82, 2.24) is 0 Å². The minimum Gasteiger partial charge on any atom is -0.497 e. The molecule has 2 aromatic carbocycles. The van der Waals surface area contributed by atoms with Gasteiger partial charge >= 0.3 is 0 Å². The smallest absolute Gasteiger partial charge is 0.280 e. The minimum atomic E-state index is -0.496. The molecule has 27 heavy (non-hydrogen) atoms. The Kier molecular flexibility index (Phi) is 5.83. The topological polar surface area (TPSA) is 81.9 Å². The Hall–Kier alpha value is -3.19. The zero-order valence-electron chi connectivity index (χ0n) is 15.0. The number of rotatable bonds is 6. The minimum absolute atomic E-state index is 0.110. The molecule has 0 amide bonds. The highest BCUT2D eigenvalue weighted by Gasteiger charge is 2.14. The fraction of sp³-hybridized carbons (Fsp3) is 0.250. The van der Waals surface area contributed by atoms with Gasteiger partial charge in [0.2, 0.25) is 0 Å². The van der Waals surface area contributed by atoms with Crippen LogP contribution in [0.1, 0.15) is 15.9 Å². The lowest BCUT2D eigenvalue weighted by molar-refractivity contribution is -0.385. The number of nitro groups is 1. The quantitative estimate of drug-likeness (QED) is 0.337. The van der Waals surface area contributed by atoms with Crippen molar-refractivity contribution in [2.75, 3.05) is 38.3 Å². The second kappa shape index (κ2) is 8.46. The molecule has 7 heteroatoms. The van der Waals surface area contributed by atoms with Gasteiger partial charge in [0.05, 0.1) is 36.9 Å². The predicted molar refractivity (Wildman–Crippen MR) is 102 cm³/mol. The van der Waals surface area contributed by atoms with E-state index < -0.39 is 4.92 Å². The largest absolute Gasteiger partial charge is 0.497 e. The maximum atomic E-state index is 12.4. The molecule has 1 aliphatic heterocycles. The van der Waals surface area contributed by atoms with Crippen LogP contribution in [0.15, 0.2) is 48.5 Å². The van der Waals surface area contributed by atoms with E-state index in [1.807, 2.05) is 12.1 Å². The lowest BCUT2D eigenvalue weighted by Crippen LogP contribution is -2.36. The van der Waals surface area contributed by atoms with Gasteiger partial charge in [0.1, 0.15) is 5.75 Å². The van der Waals surface area contributed by atoms with Crippen LogP contribution >= 0.6 is 0 Å². The van der Waals surface area contributed by atoms with Crippen LogP contribution in [0.4, 0.5) is 11.4 Å². The van der Waals surface area contributed by atoms with E-state index in [1.165, 1.54) is 25.3 Å². The van der Waals surface area contributed by atoms with E-state index in [0.29, 0.717) is 30.1 Å². The number of anilines is 1. The average Bonchev–Trinajstić information content (AvgIpc) is 2.72. The molecule has 0 aliphatic carbocycles. The number of benzene rings is 2. The normalized spacial score (nSPS) is 14.3. The SMILES string of the molecule is COc1ccc(C=CC(=O)c2ccc(N3CCOCC3)cc2)c([N+](=O)[O-])c1. The van der Waals surface area contributed by atoms with Crippen LogP contribution in [0.5, 0.6) is 5.75 Å². The fourth-order valence-corrected chi connectivity index (χ4v) is 2.87. The summed E-state index contributed by atoms with van der Waals surface area (Å²) in [5.41, 5.74) is 1.81. The van der Waals surface area contributed by atoms with Gasteiger partial charge in [-0.1, -0.05) is 0 Å². The van der Waals surface area contributed by atoms with E-state index in [1.54, 1.807) is 24.3 Å². The van der Waals surface area contributed by atoms with Gasteiger partial charge in [0.15, 0.2) is 5.78 Å². The van der Waals surface area contributed by atoms with Crippen molar-refractivity contribution < 1.29 is 19.2 Å². The molecular formula is C20H20N2O5. The number of methoxy groups -OCH3 is 1. The Morgan fingerprint density at radius 1 is 1.19 bits per heavy atom. The van der Waals surface area contributed by atoms with E-state index in [0.717, 1.165) is 18.8 Å². The molecule has 1 heterocycles. The van der Waals surface area contributed by atoms with E-state index in [-0.39, 0.29) is 11.5 Å². The Balaban J connectivity index is 1.74. The first kappa shape index (κ1) is 18.6. The summed E-state index contributed by atoms with van der Waals surface area (Å²) in [6.45, 7) is 3.05. The second-order valence-corrected chi connectivity index (χ2v) is 6.03. The number of carbonyl (C=O) groups excluding carboxylic acids is 1. The maximum absolute atomic E-state index is 12.4. The van der Waals surface area contributed by atoms with Crippen molar-refractivity contribution in [3.63, 3.8) is 0 Å². The molecule has 0 N–H and O–H groups in total. The summed E-state index contributed by atoms with van der Waals surface area (Å²) < 4.78 is 10.3. The number of ketones is 1. The molecule has 0 radical (unpaired) electrons. The van der Waals surface area contributed by atoms with Crippen molar-refractivity contribution in [3.05, 3.63) is 69.8 Å². The average molecular weight is 368 g/mol. The van der Waals surface area contributed by atoms with Gasteiger partial charge in [-0.25, -0.2) is 0 Å². The van der Waals surface area contributed by atoms with Gasteiger partial charge in [-0.3, -0.25) is 14.9 Å². The number of carbonyl (C=O) groups is 1. The van der Waals surface area contributed by atoms with Crippen LogP contribution in [-0.2, 0) is 4.74 Å².